The van der Waals surface area contributed by atoms with Gasteiger partial charge >= 0.3 is 0 Å². The highest BCUT2D eigenvalue weighted by atomic mass is 35.5. The molecule has 1 N–H and O–H groups in total. The molecule has 3 rings (SSSR count). The Morgan fingerprint density at radius 3 is 2.89 bits per heavy atom. The number of aliphatic hydroxyl groups excluding tert-OH is 1. The monoisotopic (exact) mass is 301 g/mol. The molecule has 2 aromatic heterocycles. The van der Waals surface area contributed by atoms with Crippen molar-refractivity contribution in [3.63, 3.8) is 0 Å². The van der Waals surface area contributed by atoms with Crippen molar-refractivity contribution >= 4 is 27.3 Å². The van der Waals surface area contributed by atoms with Crippen molar-refractivity contribution < 1.29 is 13.5 Å². The van der Waals surface area contributed by atoms with E-state index in [2.05, 4.69) is 4.98 Å². The molecule has 0 spiro atoms. The van der Waals surface area contributed by atoms with E-state index in [0.717, 1.165) is 0 Å². The van der Waals surface area contributed by atoms with Gasteiger partial charge in [-0.15, -0.1) is 0 Å². The van der Waals surface area contributed by atoms with Crippen LogP contribution in [0.2, 0.25) is 5.15 Å². The minimum absolute atomic E-state index is 0.0427. The molecule has 1 atom stereocenters. The Morgan fingerprint density at radius 1 is 1.42 bits per heavy atom. The van der Waals surface area contributed by atoms with Crippen LogP contribution in [0.5, 0.6) is 0 Å². The largest absolute Gasteiger partial charge is 0.392 e. The summed E-state index contributed by atoms with van der Waals surface area (Å²) in [7, 11) is -3.74. The molecule has 8 heteroatoms. The average Bonchev–Trinajstić information content (AvgIpc) is 2.92. The summed E-state index contributed by atoms with van der Waals surface area (Å²) in [5, 5.41) is 9.39. The number of sulfonamides is 1. The second-order valence-corrected chi connectivity index (χ2v) is 6.65. The molecule has 0 bridgehead atoms. The number of imidazole rings is 1. The van der Waals surface area contributed by atoms with Crippen LogP contribution in [0, 0.1) is 0 Å². The lowest BCUT2D eigenvalue weighted by molar-refractivity contribution is 0.189. The van der Waals surface area contributed by atoms with Gasteiger partial charge in [0, 0.05) is 19.3 Å². The van der Waals surface area contributed by atoms with E-state index in [-0.39, 0.29) is 16.7 Å². The Balaban J connectivity index is 2.16. The maximum absolute atomic E-state index is 12.5. The van der Waals surface area contributed by atoms with Gasteiger partial charge in [-0.1, -0.05) is 17.7 Å². The van der Waals surface area contributed by atoms with Crippen LogP contribution in [-0.2, 0) is 10.0 Å². The number of aliphatic hydroxyl groups is 1. The molecule has 0 saturated carbocycles. The van der Waals surface area contributed by atoms with E-state index < -0.39 is 16.1 Å². The van der Waals surface area contributed by atoms with Gasteiger partial charge in [0.25, 0.3) is 10.0 Å². The summed E-state index contributed by atoms with van der Waals surface area (Å²) in [5.41, 5.74) is 0.478. The maximum atomic E-state index is 12.5. The van der Waals surface area contributed by atoms with Crippen molar-refractivity contribution in [2.75, 3.05) is 13.1 Å². The molecule has 0 unspecified atom stereocenters. The molecule has 1 fully saturated rings. The van der Waals surface area contributed by atoms with E-state index >= 15 is 0 Å². The van der Waals surface area contributed by atoms with Crippen LogP contribution >= 0.6 is 11.6 Å². The first-order chi connectivity index (χ1) is 9.00. The van der Waals surface area contributed by atoms with Gasteiger partial charge in [0.2, 0.25) is 0 Å². The van der Waals surface area contributed by atoms with E-state index in [1.807, 2.05) is 0 Å². The van der Waals surface area contributed by atoms with Crippen molar-refractivity contribution in [3.05, 3.63) is 29.5 Å². The second-order valence-electron chi connectivity index (χ2n) is 4.44. The van der Waals surface area contributed by atoms with Gasteiger partial charge in [-0.25, -0.2) is 13.4 Å². The van der Waals surface area contributed by atoms with Crippen LogP contribution in [-0.4, -0.2) is 46.4 Å². The number of hydrogen-bond donors (Lipinski definition) is 1. The zero-order chi connectivity index (χ0) is 13.6. The van der Waals surface area contributed by atoms with E-state index in [1.54, 1.807) is 24.4 Å². The first-order valence-corrected chi connectivity index (χ1v) is 7.63. The molecule has 1 aliphatic rings. The van der Waals surface area contributed by atoms with Crippen LogP contribution in [0.1, 0.15) is 6.42 Å². The second kappa shape index (κ2) is 4.45. The third kappa shape index (κ3) is 2.02. The van der Waals surface area contributed by atoms with Gasteiger partial charge < -0.3 is 5.11 Å². The molecule has 0 amide bonds. The Kier molecular flexibility index (Phi) is 3.01. The molecule has 2 aromatic rings. The van der Waals surface area contributed by atoms with Gasteiger partial charge in [0.1, 0.15) is 5.65 Å². The number of hydrogen-bond acceptors (Lipinski definition) is 4. The summed E-state index contributed by atoms with van der Waals surface area (Å²) in [6.07, 6.45) is 1.43. The highest BCUT2D eigenvalue weighted by Gasteiger charge is 2.35. The first-order valence-electron chi connectivity index (χ1n) is 5.81. The average molecular weight is 302 g/mol. The fourth-order valence-electron chi connectivity index (χ4n) is 2.23. The third-order valence-corrected chi connectivity index (χ3v) is 5.42. The number of pyridine rings is 1. The van der Waals surface area contributed by atoms with Gasteiger partial charge in [0.05, 0.1) is 6.10 Å². The molecule has 1 aliphatic heterocycles. The summed E-state index contributed by atoms with van der Waals surface area (Å²) in [6, 6.07) is 5.15. The molecule has 0 aromatic carbocycles. The topological polar surface area (TPSA) is 74.9 Å². The molecule has 19 heavy (non-hydrogen) atoms. The van der Waals surface area contributed by atoms with Crippen molar-refractivity contribution in [3.8, 4) is 0 Å². The zero-order valence-electron chi connectivity index (χ0n) is 9.90. The normalized spacial score (nSPS) is 21.3. The summed E-state index contributed by atoms with van der Waals surface area (Å²) in [5.74, 6) is 0. The van der Waals surface area contributed by atoms with Crippen LogP contribution in [0.25, 0.3) is 5.65 Å². The van der Waals surface area contributed by atoms with Crippen LogP contribution in [0.4, 0.5) is 0 Å². The number of rotatable bonds is 2. The lowest BCUT2D eigenvalue weighted by Crippen LogP contribution is -2.30. The lowest BCUT2D eigenvalue weighted by atomic mass is 10.3. The minimum atomic E-state index is -3.74. The number of halogens is 1. The van der Waals surface area contributed by atoms with Crippen molar-refractivity contribution in [2.24, 2.45) is 0 Å². The molecule has 0 aliphatic carbocycles. The standard InChI is InChI=1S/C11H12ClN3O3S/c12-10-11(15-5-2-1-3-9(15)13-10)19(17,18)14-6-4-8(16)7-14/h1-3,5,8,16H,4,6-7H2/t8-/m1/s1. The molecule has 102 valence electrons. The van der Waals surface area contributed by atoms with Crippen molar-refractivity contribution in [1.82, 2.24) is 13.7 Å². The van der Waals surface area contributed by atoms with E-state index in [0.29, 0.717) is 18.6 Å². The summed E-state index contributed by atoms with van der Waals surface area (Å²) in [4.78, 5) is 4.03. The maximum Gasteiger partial charge on any atom is 0.262 e. The van der Waals surface area contributed by atoms with E-state index in [9.17, 15) is 13.5 Å². The van der Waals surface area contributed by atoms with Crippen molar-refractivity contribution in [2.45, 2.75) is 17.6 Å². The predicted molar refractivity (Wildman–Crippen MR) is 69.6 cm³/mol. The predicted octanol–water partition coefficient (Wildman–Crippen LogP) is 0.743. The first kappa shape index (κ1) is 12.9. The van der Waals surface area contributed by atoms with Crippen molar-refractivity contribution in [1.29, 1.82) is 0 Å². The molecule has 6 nitrogen and oxygen atoms in total. The smallest absolute Gasteiger partial charge is 0.262 e. The minimum Gasteiger partial charge on any atom is -0.392 e. The van der Waals surface area contributed by atoms with Crippen LogP contribution in [0.15, 0.2) is 29.4 Å². The number of nitrogens with zero attached hydrogens (tertiary/aromatic N) is 3. The third-order valence-electron chi connectivity index (χ3n) is 3.16. The number of fused-ring (bicyclic) bond motifs is 1. The number of β-amino-alcohol motifs (C(OH)–C–C–N with tert-alkyl or cyclic N) is 1. The quantitative estimate of drug-likeness (QED) is 0.888. The fraction of sp³-hybridized carbons (Fsp3) is 0.364. The Bertz CT molecular complexity index is 728. The fourth-order valence-corrected chi connectivity index (χ4v) is 4.32. The molecular formula is C11H12ClN3O3S. The van der Waals surface area contributed by atoms with Gasteiger partial charge in [-0.2, -0.15) is 4.31 Å². The summed E-state index contributed by atoms with van der Waals surface area (Å²) < 4.78 is 27.8. The van der Waals surface area contributed by atoms with Gasteiger partial charge in [-0.3, -0.25) is 4.40 Å². The molecular weight excluding hydrogens is 290 g/mol. The highest BCUT2D eigenvalue weighted by molar-refractivity contribution is 7.89. The zero-order valence-corrected chi connectivity index (χ0v) is 11.5. The SMILES string of the molecule is O=S(=O)(c1c(Cl)nc2ccccn12)N1CC[C@@H](O)C1. The Labute approximate surface area is 115 Å². The van der Waals surface area contributed by atoms with E-state index in [4.69, 9.17) is 11.6 Å². The van der Waals surface area contributed by atoms with Crippen LogP contribution < -0.4 is 0 Å². The lowest BCUT2D eigenvalue weighted by Gasteiger charge is -2.15. The highest BCUT2D eigenvalue weighted by Crippen LogP contribution is 2.27. The molecule has 1 saturated heterocycles. The molecule has 0 radical (unpaired) electrons. The van der Waals surface area contributed by atoms with E-state index in [1.165, 1.54) is 8.71 Å². The van der Waals surface area contributed by atoms with Gasteiger partial charge in [-0.05, 0) is 18.6 Å². The summed E-state index contributed by atoms with van der Waals surface area (Å²) >= 11 is 5.97. The Hall–Kier alpha value is -1.15. The Morgan fingerprint density at radius 2 is 2.21 bits per heavy atom. The number of aromatic nitrogens is 2. The van der Waals surface area contributed by atoms with Crippen LogP contribution in [0.3, 0.4) is 0 Å². The molecule has 3 heterocycles. The van der Waals surface area contributed by atoms with Gasteiger partial charge in [0.15, 0.2) is 10.2 Å². The summed E-state index contributed by atoms with van der Waals surface area (Å²) in [6.45, 7) is 0.388.